The second-order valence-electron chi connectivity index (χ2n) is 3.69. The fraction of sp³-hybridized carbons (Fsp3) is 0.0714. The highest BCUT2D eigenvalue weighted by molar-refractivity contribution is 5.89. The predicted molar refractivity (Wildman–Crippen MR) is 65.3 cm³/mol. The zero-order valence-corrected chi connectivity index (χ0v) is 9.39. The summed E-state index contributed by atoms with van der Waals surface area (Å²) in [6.07, 6.45) is 3.56. The van der Waals surface area contributed by atoms with Crippen LogP contribution in [-0.4, -0.2) is 4.57 Å². The largest absolute Gasteiger partial charge is 0.351 e. The highest BCUT2D eigenvalue weighted by Gasteiger charge is 2.07. The fourth-order valence-electron chi connectivity index (χ4n) is 1.62. The minimum Gasteiger partial charge on any atom is -0.351 e. The summed E-state index contributed by atoms with van der Waals surface area (Å²) in [5, 5.41) is 9.10. The first kappa shape index (κ1) is 11.2. The molecule has 84 valence electrons. The molecule has 0 unspecified atom stereocenters. The molecule has 2 nitrogen and oxygen atoms in total. The molecule has 0 aliphatic rings. The number of nitrogens with zero attached hydrogens (tertiary/aromatic N) is 2. The number of halogens is 1. The molecule has 0 spiro atoms. The molecular formula is C14H11FN2. The third kappa shape index (κ3) is 2.26. The van der Waals surface area contributed by atoms with Crippen molar-refractivity contribution in [1.29, 1.82) is 5.26 Å². The van der Waals surface area contributed by atoms with E-state index in [-0.39, 0.29) is 5.82 Å². The number of hydrogen-bond donors (Lipinski definition) is 0. The van der Waals surface area contributed by atoms with Gasteiger partial charge in [0.05, 0.1) is 11.6 Å². The van der Waals surface area contributed by atoms with E-state index in [9.17, 15) is 4.39 Å². The van der Waals surface area contributed by atoms with Gasteiger partial charge in [0, 0.05) is 24.5 Å². The van der Waals surface area contributed by atoms with Crippen LogP contribution in [0.4, 0.5) is 4.39 Å². The van der Waals surface area contributed by atoms with Crippen molar-refractivity contribution in [3.63, 3.8) is 0 Å². The van der Waals surface area contributed by atoms with Crippen molar-refractivity contribution in [3.8, 4) is 6.07 Å². The lowest BCUT2D eigenvalue weighted by Gasteiger charge is -2.02. The second-order valence-corrected chi connectivity index (χ2v) is 3.69. The van der Waals surface area contributed by atoms with Crippen LogP contribution in [0.1, 0.15) is 11.3 Å². The number of hydrogen-bond acceptors (Lipinski definition) is 1. The summed E-state index contributed by atoms with van der Waals surface area (Å²) in [6, 6.07) is 12.1. The van der Waals surface area contributed by atoms with E-state index in [2.05, 4.69) is 0 Å². The molecule has 0 saturated carbocycles. The second kappa shape index (κ2) is 4.67. The summed E-state index contributed by atoms with van der Waals surface area (Å²) in [7, 11) is 1.88. The van der Waals surface area contributed by atoms with Gasteiger partial charge in [-0.15, -0.1) is 0 Å². The molecule has 3 heteroatoms. The Bertz CT molecular complexity index is 603. The number of rotatable bonds is 2. The highest BCUT2D eigenvalue weighted by atomic mass is 19.1. The van der Waals surface area contributed by atoms with E-state index in [0.29, 0.717) is 11.1 Å². The van der Waals surface area contributed by atoms with Crippen molar-refractivity contribution in [3.05, 3.63) is 59.7 Å². The molecule has 0 amide bonds. The first-order valence-electron chi connectivity index (χ1n) is 5.20. The third-order valence-electron chi connectivity index (χ3n) is 2.56. The van der Waals surface area contributed by atoms with Crippen molar-refractivity contribution in [2.24, 2.45) is 7.05 Å². The fourth-order valence-corrected chi connectivity index (χ4v) is 1.62. The van der Waals surface area contributed by atoms with Crippen LogP contribution >= 0.6 is 0 Å². The summed E-state index contributed by atoms with van der Waals surface area (Å²) in [6.45, 7) is 0. The quantitative estimate of drug-likeness (QED) is 0.723. The van der Waals surface area contributed by atoms with Gasteiger partial charge in [-0.1, -0.05) is 18.2 Å². The topological polar surface area (TPSA) is 28.7 Å². The van der Waals surface area contributed by atoms with E-state index < -0.39 is 0 Å². The lowest BCUT2D eigenvalue weighted by atomic mass is 10.1. The van der Waals surface area contributed by atoms with E-state index >= 15 is 0 Å². The monoisotopic (exact) mass is 226 g/mol. The number of aromatic nitrogens is 1. The van der Waals surface area contributed by atoms with Crippen LogP contribution in [-0.2, 0) is 7.05 Å². The van der Waals surface area contributed by atoms with Crippen LogP contribution in [0.25, 0.3) is 11.6 Å². The molecule has 1 aromatic heterocycles. The van der Waals surface area contributed by atoms with E-state index in [1.54, 1.807) is 24.3 Å². The van der Waals surface area contributed by atoms with Gasteiger partial charge in [-0.25, -0.2) is 4.39 Å². The molecule has 17 heavy (non-hydrogen) atoms. The van der Waals surface area contributed by atoms with Crippen LogP contribution < -0.4 is 0 Å². The SMILES string of the molecule is Cn1cccc1/C=C(/C#N)c1ccccc1F. The Labute approximate surface area is 99.2 Å². The van der Waals surface area contributed by atoms with Gasteiger partial charge < -0.3 is 4.57 Å². The van der Waals surface area contributed by atoms with Gasteiger partial charge in [-0.05, 0) is 24.3 Å². The molecule has 0 bridgehead atoms. The van der Waals surface area contributed by atoms with Gasteiger partial charge >= 0.3 is 0 Å². The lowest BCUT2D eigenvalue weighted by Crippen LogP contribution is -1.91. The molecular weight excluding hydrogens is 215 g/mol. The highest BCUT2D eigenvalue weighted by Crippen LogP contribution is 2.20. The molecule has 0 aliphatic carbocycles. The number of aryl methyl sites for hydroxylation is 1. The molecule has 0 fully saturated rings. The normalized spacial score (nSPS) is 11.2. The molecule has 0 saturated heterocycles. The van der Waals surface area contributed by atoms with Crippen LogP contribution in [0.2, 0.25) is 0 Å². The molecule has 2 rings (SSSR count). The van der Waals surface area contributed by atoms with Gasteiger partial charge in [0.1, 0.15) is 5.82 Å². The van der Waals surface area contributed by atoms with Gasteiger partial charge in [-0.2, -0.15) is 5.26 Å². The Morgan fingerprint density at radius 1 is 1.29 bits per heavy atom. The van der Waals surface area contributed by atoms with Crippen molar-refractivity contribution in [1.82, 2.24) is 4.57 Å². The van der Waals surface area contributed by atoms with E-state index in [0.717, 1.165) is 5.69 Å². The number of nitriles is 1. The Hall–Kier alpha value is -2.34. The van der Waals surface area contributed by atoms with Crippen LogP contribution in [0, 0.1) is 17.1 Å². The zero-order valence-electron chi connectivity index (χ0n) is 9.39. The molecule has 0 atom stereocenters. The van der Waals surface area contributed by atoms with E-state index in [1.165, 1.54) is 6.07 Å². The molecule has 1 aromatic carbocycles. The maximum Gasteiger partial charge on any atom is 0.131 e. The molecule has 1 heterocycles. The lowest BCUT2D eigenvalue weighted by molar-refractivity contribution is 0.624. The molecule has 0 aliphatic heterocycles. The zero-order chi connectivity index (χ0) is 12.3. The Morgan fingerprint density at radius 2 is 2.06 bits per heavy atom. The summed E-state index contributed by atoms with van der Waals surface area (Å²) in [4.78, 5) is 0. The van der Waals surface area contributed by atoms with Crippen LogP contribution in [0.5, 0.6) is 0 Å². The minimum atomic E-state index is -0.380. The summed E-state index contributed by atoms with van der Waals surface area (Å²) in [5.41, 5.74) is 1.52. The average Bonchev–Trinajstić information content (AvgIpc) is 2.73. The van der Waals surface area contributed by atoms with Crippen molar-refractivity contribution < 1.29 is 4.39 Å². The number of allylic oxidation sites excluding steroid dienone is 1. The minimum absolute atomic E-state index is 0.324. The first-order valence-corrected chi connectivity index (χ1v) is 5.20. The van der Waals surface area contributed by atoms with Crippen molar-refractivity contribution >= 4 is 11.6 Å². The summed E-state index contributed by atoms with van der Waals surface area (Å²) >= 11 is 0. The predicted octanol–water partition coefficient (Wildman–Crippen LogP) is 3.23. The van der Waals surface area contributed by atoms with Crippen molar-refractivity contribution in [2.45, 2.75) is 0 Å². The Morgan fingerprint density at radius 3 is 2.65 bits per heavy atom. The van der Waals surface area contributed by atoms with Crippen LogP contribution in [0.15, 0.2) is 42.6 Å². The van der Waals surface area contributed by atoms with E-state index in [4.69, 9.17) is 5.26 Å². The third-order valence-corrected chi connectivity index (χ3v) is 2.56. The van der Waals surface area contributed by atoms with Gasteiger partial charge in [-0.3, -0.25) is 0 Å². The standard InChI is InChI=1S/C14H11FN2/c1-17-8-4-5-12(17)9-11(10-16)13-6-2-3-7-14(13)15/h2-9H,1H3/b11-9-. The van der Waals surface area contributed by atoms with Crippen molar-refractivity contribution in [2.75, 3.05) is 0 Å². The van der Waals surface area contributed by atoms with Gasteiger partial charge in [0.15, 0.2) is 0 Å². The summed E-state index contributed by atoms with van der Waals surface area (Å²) < 4.78 is 15.4. The maximum atomic E-state index is 13.6. The van der Waals surface area contributed by atoms with Crippen LogP contribution in [0.3, 0.4) is 0 Å². The Balaban J connectivity index is 2.49. The van der Waals surface area contributed by atoms with Gasteiger partial charge in [0.2, 0.25) is 0 Å². The average molecular weight is 226 g/mol. The molecule has 2 aromatic rings. The maximum absolute atomic E-state index is 13.6. The van der Waals surface area contributed by atoms with Gasteiger partial charge in [0.25, 0.3) is 0 Å². The van der Waals surface area contributed by atoms with E-state index in [1.807, 2.05) is 36.0 Å². The Kier molecular flexibility index (Phi) is 3.06. The molecule has 0 N–H and O–H groups in total. The summed E-state index contributed by atoms with van der Waals surface area (Å²) in [5.74, 6) is -0.380. The molecule has 0 radical (unpaired) electrons. The first-order chi connectivity index (χ1) is 8.22. The smallest absolute Gasteiger partial charge is 0.131 e. The number of benzene rings is 1.